The first-order valence-electron chi connectivity index (χ1n) is 12.5. The first-order valence-corrected chi connectivity index (χ1v) is 15.1. The Labute approximate surface area is 213 Å². The molecule has 34 heavy (non-hydrogen) atoms. The Balaban J connectivity index is 1.29. The van der Waals surface area contributed by atoms with Crippen molar-refractivity contribution in [2.45, 2.75) is 56.9 Å². The zero-order valence-corrected chi connectivity index (χ0v) is 21.8. The van der Waals surface area contributed by atoms with Crippen LogP contribution in [0.25, 0.3) is 0 Å². The van der Waals surface area contributed by atoms with Crippen LogP contribution in [0.2, 0.25) is 10.0 Å². The second kappa shape index (κ2) is 10.4. The highest BCUT2D eigenvalue weighted by atomic mass is 35.5. The van der Waals surface area contributed by atoms with Crippen molar-refractivity contribution in [2.75, 3.05) is 31.2 Å². The van der Waals surface area contributed by atoms with Crippen molar-refractivity contribution in [3.63, 3.8) is 0 Å². The number of hydrogen-bond acceptors (Lipinski definition) is 4. The lowest BCUT2D eigenvalue weighted by Gasteiger charge is -2.45. The lowest BCUT2D eigenvalue weighted by atomic mass is 9.75. The van der Waals surface area contributed by atoms with Crippen molar-refractivity contribution in [3.05, 3.63) is 63.1 Å². The van der Waals surface area contributed by atoms with Gasteiger partial charge < -0.3 is 4.74 Å². The van der Waals surface area contributed by atoms with Gasteiger partial charge in [0.05, 0.1) is 28.2 Å². The molecule has 2 aromatic carbocycles. The Morgan fingerprint density at radius 1 is 1.00 bits per heavy atom. The Morgan fingerprint density at radius 3 is 2.53 bits per heavy atom. The molecule has 1 aliphatic heterocycles. The van der Waals surface area contributed by atoms with Crippen LogP contribution in [0, 0.1) is 5.92 Å². The van der Waals surface area contributed by atoms with Crippen LogP contribution in [0.4, 0.5) is 0 Å². The van der Waals surface area contributed by atoms with Gasteiger partial charge in [-0.3, -0.25) is 4.90 Å². The van der Waals surface area contributed by atoms with Gasteiger partial charge in [-0.2, -0.15) is 0 Å². The van der Waals surface area contributed by atoms with Crippen LogP contribution in [0.3, 0.4) is 0 Å². The third kappa shape index (κ3) is 5.92. The summed E-state index contributed by atoms with van der Waals surface area (Å²) in [6.45, 7) is 2.77. The summed E-state index contributed by atoms with van der Waals surface area (Å²) in [4.78, 5) is 2.61. The summed E-state index contributed by atoms with van der Waals surface area (Å²) in [6, 6.07) is 12.9. The molecule has 3 aliphatic rings. The summed E-state index contributed by atoms with van der Waals surface area (Å²) in [6.07, 6.45) is 7.09. The number of benzene rings is 2. The molecule has 0 aromatic heterocycles. The average Bonchev–Trinajstić information content (AvgIpc) is 3.57. The van der Waals surface area contributed by atoms with E-state index in [2.05, 4.69) is 23.1 Å². The van der Waals surface area contributed by atoms with Crippen molar-refractivity contribution in [1.82, 2.24) is 4.90 Å². The van der Waals surface area contributed by atoms with E-state index in [1.54, 1.807) is 0 Å². The first kappa shape index (κ1) is 24.4. The van der Waals surface area contributed by atoms with E-state index < -0.39 is 9.84 Å². The molecule has 7 heteroatoms. The fourth-order valence-electron chi connectivity index (χ4n) is 5.42. The van der Waals surface area contributed by atoms with Gasteiger partial charge in [0, 0.05) is 12.0 Å². The number of aryl methyl sites for hydroxylation is 1. The van der Waals surface area contributed by atoms with Gasteiger partial charge in [-0.25, -0.2) is 8.42 Å². The molecule has 0 radical (unpaired) electrons. The summed E-state index contributed by atoms with van der Waals surface area (Å²) in [5.74, 6) is 2.16. The van der Waals surface area contributed by atoms with Gasteiger partial charge in [0.15, 0.2) is 9.84 Å². The predicted molar refractivity (Wildman–Crippen MR) is 139 cm³/mol. The smallest absolute Gasteiger partial charge is 0.150 e. The van der Waals surface area contributed by atoms with Crippen LogP contribution in [0.5, 0.6) is 5.75 Å². The quantitative estimate of drug-likeness (QED) is 0.363. The number of nitrogens with zero attached hydrogens (tertiary/aromatic N) is 1. The van der Waals surface area contributed by atoms with Gasteiger partial charge in [-0.05, 0) is 105 Å². The zero-order valence-electron chi connectivity index (χ0n) is 19.5. The molecule has 0 spiro atoms. The number of ether oxygens (including phenoxy) is 1. The summed E-state index contributed by atoms with van der Waals surface area (Å²) in [5.41, 5.74) is 3.94. The maximum atomic E-state index is 12.2. The molecular weight excluding hydrogens is 489 g/mol. The monoisotopic (exact) mass is 521 g/mol. The van der Waals surface area contributed by atoms with Gasteiger partial charge in [0.1, 0.15) is 5.75 Å². The number of likely N-dealkylation sites (tertiary alicyclic amines) is 1. The number of fused-ring (bicyclic) bond motifs is 1. The van der Waals surface area contributed by atoms with Crippen molar-refractivity contribution >= 4 is 33.0 Å². The van der Waals surface area contributed by atoms with Crippen LogP contribution in [0.1, 0.15) is 54.7 Å². The van der Waals surface area contributed by atoms with Crippen molar-refractivity contribution < 1.29 is 13.2 Å². The maximum absolute atomic E-state index is 12.2. The number of rotatable bonds is 10. The molecule has 2 atom stereocenters. The van der Waals surface area contributed by atoms with Crippen LogP contribution in [-0.4, -0.2) is 50.6 Å². The largest absolute Gasteiger partial charge is 0.494 e. The summed E-state index contributed by atoms with van der Waals surface area (Å²) in [7, 11) is -2.96. The molecular formula is C27H33Cl2NO3S. The minimum Gasteiger partial charge on any atom is -0.494 e. The van der Waals surface area contributed by atoms with Crippen LogP contribution >= 0.6 is 23.2 Å². The number of sulfone groups is 1. The fourth-order valence-corrected chi connectivity index (χ4v) is 7.52. The molecule has 0 amide bonds. The van der Waals surface area contributed by atoms with Crippen LogP contribution in [0.15, 0.2) is 36.4 Å². The molecule has 1 saturated heterocycles. The molecule has 4 nitrogen and oxygen atoms in total. The highest BCUT2D eigenvalue weighted by Gasteiger charge is 2.36. The van der Waals surface area contributed by atoms with E-state index in [1.807, 2.05) is 18.2 Å². The standard InChI is InChI=1S/C27H33Cl2NO3S/c28-25-9-5-20(16-26(25)29)15-24-23-17-22(33-13-2-14-34(31,32)18-19-3-4-19)8-6-21(23)7-10-27(24)30-11-1-12-30/h5-6,8-9,16-17,19,24,27H,1-4,7,10-15,18H2. The van der Waals surface area contributed by atoms with E-state index in [0.717, 1.165) is 37.9 Å². The van der Waals surface area contributed by atoms with Gasteiger partial charge >= 0.3 is 0 Å². The molecule has 2 fully saturated rings. The van der Waals surface area contributed by atoms with E-state index in [-0.39, 0.29) is 5.75 Å². The summed E-state index contributed by atoms with van der Waals surface area (Å²) < 4.78 is 30.4. The van der Waals surface area contributed by atoms with E-state index in [9.17, 15) is 8.42 Å². The highest BCUT2D eigenvalue weighted by Crippen LogP contribution is 2.41. The van der Waals surface area contributed by atoms with Crippen molar-refractivity contribution in [3.8, 4) is 5.75 Å². The van der Waals surface area contributed by atoms with Gasteiger partial charge in [-0.15, -0.1) is 0 Å². The van der Waals surface area contributed by atoms with E-state index in [0.29, 0.717) is 46.7 Å². The maximum Gasteiger partial charge on any atom is 0.150 e. The topological polar surface area (TPSA) is 46.6 Å². The molecule has 1 saturated carbocycles. The minimum absolute atomic E-state index is 0.214. The molecule has 2 unspecified atom stereocenters. The number of hydrogen-bond donors (Lipinski definition) is 0. The molecule has 5 rings (SSSR count). The second-order valence-electron chi connectivity index (χ2n) is 10.2. The second-order valence-corrected chi connectivity index (χ2v) is 13.2. The predicted octanol–water partition coefficient (Wildman–Crippen LogP) is 5.93. The normalized spacial score (nSPS) is 22.8. The molecule has 0 bridgehead atoms. The van der Waals surface area contributed by atoms with E-state index in [4.69, 9.17) is 27.9 Å². The van der Waals surface area contributed by atoms with Crippen LogP contribution < -0.4 is 4.74 Å². The van der Waals surface area contributed by atoms with Crippen LogP contribution in [-0.2, 0) is 22.7 Å². The zero-order chi connectivity index (χ0) is 23.7. The number of halogens is 2. The Bertz CT molecular complexity index is 1130. The average molecular weight is 523 g/mol. The minimum atomic E-state index is -2.96. The fraction of sp³-hybridized carbons (Fsp3) is 0.556. The molecule has 1 heterocycles. The van der Waals surface area contributed by atoms with Gasteiger partial charge in [0.25, 0.3) is 0 Å². The molecule has 2 aliphatic carbocycles. The van der Waals surface area contributed by atoms with E-state index >= 15 is 0 Å². The van der Waals surface area contributed by atoms with Gasteiger partial charge in [0.2, 0.25) is 0 Å². The Morgan fingerprint density at radius 2 is 1.82 bits per heavy atom. The Kier molecular flexibility index (Phi) is 7.46. The molecule has 184 valence electrons. The third-order valence-electron chi connectivity index (χ3n) is 7.54. The summed E-state index contributed by atoms with van der Waals surface area (Å²) >= 11 is 12.5. The lowest BCUT2D eigenvalue weighted by molar-refractivity contribution is 0.0876. The van der Waals surface area contributed by atoms with Crippen molar-refractivity contribution in [1.29, 1.82) is 0 Å². The van der Waals surface area contributed by atoms with E-state index in [1.165, 1.54) is 36.2 Å². The summed E-state index contributed by atoms with van der Waals surface area (Å²) in [5, 5.41) is 1.19. The molecule has 0 N–H and O–H groups in total. The van der Waals surface area contributed by atoms with Gasteiger partial charge in [-0.1, -0.05) is 35.3 Å². The molecule has 2 aromatic rings. The third-order valence-corrected chi connectivity index (χ3v) is 10.2. The highest BCUT2D eigenvalue weighted by molar-refractivity contribution is 7.91. The SMILES string of the molecule is O=S(=O)(CCCOc1ccc2c(c1)C(Cc1ccc(Cl)c(Cl)c1)C(N1CCC1)CC2)CC1CC1. The first-order chi connectivity index (χ1) is 16.4. The Hall–Kier alpha value is -1.27. The van der Waals surface area contributed by atoms with Crippen molar-refractivity contribution in [2.24, 2.45) is 5.92 Å². The lowest BCUT2D eigenvalue weighted by Crippen LogP contribution is -2.49.